The summed E-state index contributed by atoms with van der Waals surface area (Å²) in [5, 5.41) is 3.60. The molecule has 154 valence electrons. The fourth-order valence-corrected chi connectivity index (χ4v) is 3.53. The molecule has 2 heterocycles. The zero-order valence-corrected chi connectivity index (χ0v) is 17.3. The van der Waals surface area contributed by atoms with Crippen LogP contribution < -0.4 is 20.3 Å². The maximum atomic E-state index is 13.0. The molecule has 0 aliphatic rings. The number of fused-ring (bicyclic) bond motifs is 3. The van der Waals surface area contributed by atoms with Crippen LogP contribution in [0.1, 0.15) is 5.56 Å². The third-order valence-corrected chi connectivity index (χ3v) is 5.21. The normalized spacial score (nSPS) is 11.0. The summed E-state index contributed by atoms with van der Waals surface area (Å²) >= 11 is 5.35. The zero-order chi connectivity index (χ0) is 21.3. The van der Waals surface area contributed by atoms with Gasteiger partial charge in [-0.3, -0.25) is 14.2 Å². The lowest BCUT2D eigenvalue weighted by molar-refractivity contribution is -0.121. The summed E-state index contributed by atoms with van der Waals surface area (Å²) in [5.41, 5.74) is 2.28. The number of rotatable bonds is 6. The van der Waals surface area contributed by atoms with Crippen LogP contribution in [0.5, 0.6) is 11.5 Å². The average molecular weight is 424 g/mol. The van der Waals surface area contributed by atoms with Crippen LogP contribution in [-0.2, 0) is 17.9 Å². The van der Waals surface area contributed by atoms with E-state index in [0.717, 1.165) is 22.2 Å². The van der Waals surface area contributed by atoms with Gasteiger partial charge in [0.2, 0.25) is 5.91 Å². The van der Waals surface area contributed by atoms with Crippen LogP contribution >= 0.6 is 12.2 Å². The molecule has 0 saturated carbocycles. The molecule has 9 heteroatoms. The Morgan fingerprint density at radius 2 is 1.73 bits per heavy atom. The van der Waals surface area contributed by atoms with Crippen LogP contribution in [-0.4, -0.2) is 34.7 Å². The van der Waals surface area contributed by atoms with Gasteiger partial charge in [-0.15, -0.1) is 0 Å². The quantitative estimate of drug-likeness (QED) is 0.413. The Hall–Kier alpha value is -3.59. The molecule has 0 fully saturated rings. The van der Waals surface area contributed by atoms with Crippen molar-refractivity contribution in [1.82, 2.24) is 19.9 Å². The van der Waals surface area contributed by atoms with Crippen LogP contribution in [0.15, 0.2) is 47.3 Å². The highest BCUT2D eigenvalue weighted by Crippen LogP contribution is 2.25. The van der Waals surface area contributed by atoms with E-state index in [2.05, 4.69) is 15.3 Å². The third-order valence-electron chi connectivity index (χ3n) is 4.89. The molecule has 0 unspecified atom stereocenters. The third kappa shape index (κ3) is 3.67. The van der Waals surface area contributed by atoms with Crippen LogP contribution in [0.2, 0.25) is 0 Å². The highest BCUT2D eigenvalue weighted by atomic mass is 32.1. The number of carbonyl (C=O) groups is 1. The summed E-state index contributed by atoms with van der Waals surface area (Å²) in [5.74, 6) is 1.10. The number of carbonyl (C=O) groups excluding carboxylic acids is 1. The van der Waals surface area contributed by atoms with Gasteiger partial charge in [-0.05, 0) is 48.1 Å². The standard InChI is InChI=1S/C21H20N4O4S/c1-28-13-5-3-12(4-6-13)10-22-17(26)11-25-20(27)19-18(24-21(25)30)15-9-14(29-2)7-8-16(15)23-19/h3-9,23H,10-11H2,1-2H3,(H,22,26)(H,24,30). The van der Waals surface area contributed by atoms with E-state index in [1.807, 2.05) is 36.4 Å². The maximum Gasteiger partial charge on any atom is 0.279 e. The lowest BCUT2D eigenvalue weighted by Crippen LogP contribution is -2.33. The van der Waals surface area contributed by atoms with E-state index in [0.29, 0.717) is 23.3 Å². The molecule has 8 nitrogen and oxygen atoms in total. The van der Waals surface area contributed by atoms with E-state index in [1.54, 1.807) is 20.3 Å². The predicted molar refractivity (Wildman–Crippen MR) is 117 cm³/mol. The Kier molecular flexibility index (Phi) is 5.28. The molecule has 30 heavy (non-hydrogen) atoms. The first-order valence-corrected chi connectivity index (χ1v) is 9.63. The van der Waals surface area contributed by atoms with Gasteiger partial charge in [-0.2, -0.15) is 0 Å². The number of aromatic nitrogens is 3. The number of amides is 1. The number of benzene rings is 2. The first-order chi connectivity index (χ1) is 14.5. The molecule has 0 spiro atoms. The number of hydrogen-bond donors (Lipinski definition) is 3. The number of nitrogens with zero attached hydrogens (tertiary/aromatic N) is 1. The number of hydrogen-bond acceptors (Lipinski definition) is 5. The first-order valence-electron chi connectivity index (χ1n) is 9.22. The van der Waals surface area contributed by atoms with Crippen molar-refractivity contribution in [2.24, 2.45) is 0 Å². The molecule has 2 aromatic heterocycles. The molecule has 1 amide bonds. The van der Waals surface area contributed by atoms with E-state index in [4.69, 9.17) is 21.7 Å². The molecule has 0 radical (unpaired) electrons. The Balaban J connectivity index is 1.59. The summed E-state index contributed by atoms with van der Waals surface area (Å²) in [6.07, 6.45) is 0. The molecule has 0 aliphatic heterocycles. The number of ether oxygens (including phenoxy) is 2. The van der Waals surface area contributed by atoms with Gasteiger partial charge in [0, 0.05) is 17.4 Å². The van der Waals surface area contributed by atoms with Gasteiger partial charge in [0.25, 0.3) is 5.56 Å². The van der Waals surface area contributed by atoms with Crippen molar-refractivity contribution < 1.29 is 14.3 Å². The zero-order valence-electron chi connectivity index (χ0n) is 16.4. The predicted octanol–water partition coefficient (Wildman–Crippen LogP) is 2.87. The summed E-state index contributed by atoms with van der Waals surface area (Å²) in [7, 11) is 3.17. The smallest absolute Gasteiger partial charge is 0.279 e. The molecule has 0 atom stereocenters. The second-order valence-corrected chi connectivity index (χ2v) is 7.12. The van der Waals surface area contributed by atoms with Crippen molar-refractivity contribution in [3.05, 3.63) is 63.2 Å². The van der Waals surface area contributed by atoms with Crippen molar-refractivity contribution in [1.29, 1.82) is 0 Å². The largest absolute Gasteiger partial charge is 0.497 e. The fraction of sp³-hybridized carbons (Fsp3) is 0.190. The molecule has 3 N–H and O–H groups in total. The molecule has 4 aromatic rings. The Morgan fingerprint density at radius 1 is 1.03 bits per heavy atom. The van der Waals surface area contributed by atoms with Gasteiger partial charge in [0.1, 0.15) is 23.6 Å². The van der Waals surface area contributed by atoms with Crippen LogP contribution in [0.25, 0.3) is 21.9 Å². The SMILES string of the molecule is COc1ccc(CNC(=O)Cn2c(=S)[nH]c3c([nH]c4ccc(OC)cc43)c2=O)cc1. The maximum absolute atomic E-state index is 13.0. The van der Waals surface area contributed by atoms with Gasteiger partial charge >= 0.3 is 0 Å². The highest BCUT2D eigenvalue weighted by molar-refractivity contribution is 7.71. The average Bonchev–Trinajstić information content (AvgIpc) is 3.13. The van der Waals surface area contributed by atoms with Crippen molar-refractivity contribution >= 4 is 40.1 Å². The summed E-state index contributed by atoms with van der Waals surface area (Å²) in [6.45, 7) is 0.154. The molecule has 4 rings (SSSR count). The van der Waals surface area contributed by atoms with Crippen molar-refractivity contribution in [3.8, 4) is 11.5 Å². The van der Waals surface area contributed by atoms with Crippen LogP contribution in [0.3, 0.4) is 0 Å². The van der Waals surface area contributed by atoms with Gasteiger partial charge in [0.15, 0.2) is 4.77 Å². The van der Waals surface area contributed by atoms with Gasteiger partial charge in [0.05, 0.1) is 19.7 Å². The summed E-state index contributed by atoms with van der Waals surface area (Å²) < 4.78 is 11.8. The number of nitrogens with one attached hydrogen (secondary N) is 3. The van der Waals surface area contributed by atoms with Crippen LogP contribution in [0.4, 0.5) is 0 Å². The minimum Gasteiger partial charge on any atom is -0.497 e. The van der Waals surface area contributed by atoms with E-state index >= 15 is 0 Å². The van der Waals surface area contributed by atoms with E-state index in [9.17, 15) is 9.59 Å². The summed E-state index contributed by atoms with van der Waals surface area (Å²) in [6, 6.07) is 12.8. The molecular weight excluding hydrogens is 404 g/mol. The topological polar surface area (TPSA) is 101 Å². The molecular formula is C21H20N4O4S. The van der Waals surface area contributed by atoms with E-state index < -0.39 is 0 Å². The Bertz CT molecular complexity index is 1350. The lowest BCUT2D eigenvalue weighted by atomic mass is 10.2. The fourth-order valence-electron chi connectivity index (χ4n) is 3.28. The van der Waals surface area contributed by atoms with Crippen molar-refractivity contribution in [2.45, 2.75) is 13.1 Å². The van der Waals surface area contributed by atoms with Gasteiger partial charge < -0.3 is 24.8 Å². The van der Waals surface area contributed by atoms with E-state index in [1.165, 1.54) is 4.57 Å². The minimum absolute atomic E-state index is 0.177. The minimum atomic E-state index is -0.358. The van der Waals surface area contributed by atoms with Gasteiger partial charge in [-0.1, -0.05) is 12.1 Å². The first kappa shape index (κ1) is 19.7. The number of aromatic amines is 2. The summed E-state index contributed by atoms with van der Waals surface area (Å²) in [4.78, 5) is 31.6. The number of H-pyrrole nitrogens is 2. The second-order valence-electron chi connectivity index (χ2n) is 6.73. The Labute approximate surface area is 176 Å². The van der Waals surface area contributed by atoms with E-state index in [-0.39, 0.29) is 22.8 Å². The van der Waals surface area contributed by atoms with Crippen LogP contribution in [0, 0.1) is 4.77 Å². The highest BCUT2D eigenvalue weighted by Gasteiger charge is 2.14. The number of methoxy groups -OCH3 is 2. The molecule has 0 aliphatic carbocycles. The van der Waals surface area contributed by atoms with Gasteiger partial charge in [-0.25, -0.2) is 0 Å². The monoisotopic (exact) mass is 424 g/mol. The Morgan fingerprint density at radius 3 is 2.43 bits per heavy atom. The molecule has 2 aromatic carbocycles. The lowest BCUT2D eigenvalue weighted by Gasteiger charge is -2.09. The molecule has 0 saturated heterocycles. The van der Waals surface area contributed by atoms with Crippen molar-refractivity contribution in [2.75, 3.05) is 14.2 Å². The second kappa shape index (κ2) is 8.03. The molecule has 0 bridgehead atoms. The van der Waals surface area contributed by atoms with Crippen molar-refractivity contribution in [3.63, 3.8) is 0 Å².